The highest BCUT2D eigenvalue weighted by Crippen LogP contribution is 2.25. The molecule has 0 saturated heterocycles. The van der Waals surface area contributed by atoms with E-state index in [1.807, 2.05) is 20.8 Å². The van der Waals surface area contributed by atoms with Gasteiger partial charge in [-0.05, 0) is 57.9 Å². The number of nitrogens with two attached hydrogens (primary N) is 1. The van der Waals surface area contributed by atoms with Gasteiger partial charge in [-0.15, -0.1) is 0 Å². The first-order valence-electron chi connectivity index (χ1n) is 6.20. The fourth-order valence-corrected chi connectivity index (χ4v) is 3.87. The number of rotatable bonds is 3. The van der Waals surface area contributed by atoms with Crippen molar-refractivity contribution in [3.8, 4) is 0 Å². The standard InChI is InChI=1S/C13H21N3OS/c1-13(2,3)16-18(17,15-11-6-7-11)12-8-4-10(14)5-9-12/h4-5,8-9,11H,6-7,14H2,1-3H3,(H,15,16,17). The van der Waals surface area contributed by atoms with E-state index < -0.39 is 9.92 Å². The molecule has 0 aromatic heterocycles. The van der Waals surface area contributed by atoms with E-state index in [-0.39, 0.29) is 5.54 Å². The van der Waals surface area contributed by atoms with E-state index in [4.69, 9.17) is 5.73 Å². The van der Waals surface area contributed by atoms with E-state index in [9.17, 15) is 4.21 Å². The Morgan fingerprint density at radius 3 is 2.28 bits per heavy atom. The lowest BCUT2D eigenvalue weighted by Crippen LogP contribution is -2.29. The first-order chi connectivity index (χ1) is 8.28. The largest absolute Gasteiger partial charge is 0.399 e. The highest BCUT2D eigenvalue weighted by atomic mass is 32.2. The molecule has 100 valence electrons. The summed E-state index contributed by atoms with van der Waals surface area (Å²) in [5.74, 6) is 0. The van der Waals surface area contributed by atoms with Crippen LogP contribution in [0.3, 0.4) is 0 Å². The van der Waals surface area contributed by atoms with Crippen molar-refractivity contribution < 1.29 is 4.21 Å². The smallest absolute Gasteiger partial charge is 0.138 e. The van der Waals surface area contributed by atoms with Gasteiger partial charge in [-0.25, -0.2) is 13.3 Å². The Labute approximate surface area is 109 Å². The number of hydrogen-bond donors (Lipinski definition) is 2. The van der Waals surface area contributed by atoms with Crippen molar-refractivity contribution in [3.63, 3.8) is 0 Å². The molecular formula is C13H21N3OS. The summed E-state index contributed by atoms with van der Waals surface area (Å²) in [4.78, 5) is 0.707. The van der Waals surface area contributed by atoms with Crippen molar-refractivity contribution in [1.82, 2.24) is 4.72 Å². The predicted molar refractivity (Wildman–Crippen MR) is 75.6 cm³/mol. The number of nitrogen functional groups attached to an aromatic ring is 1. The molecule has 1 unspecified atom stereocenters. The fraction of sp³-hybridized carbons (Fsp3) is 0.538. The minimum absolute atomic E-state index is 0.334. The number of nitrogens with one attached hydrogen (secondary N) is 1. The van der Waals surface area contributed by atoms with Gasteiger partial charge in [0.1, 0.15) is 9.92 Å². The molecule has 1 aliphatic carbocycles. The van der Waals surface area contributed by atoms with Gasteiger partial charge in [0, 0.05) is 11.7 Å². The summed E-state index contributed by atoms with van der Waals surface area (Å²) in [5.41, 5.74) is 5.99. The molecule has 0 aliphatic heterocycles. The molecule has 1 saturated carbocycles. The van der Waals surface area contributed by atoms with Gasteiger partial charge in [-0.3, -0.25) is 0 Å². The van der Waals surface area contributed by atoms with Gasteiger partial charge in [0.15, 0.2) is 0 Å². The Morgan fingerprint density at radius 2 is 1.83 bits per heavy atom. The molecule has 0 amide bonds. The van der Waals surface area contributed by atoms with Gasteiger partial charge in [0.25, 0.3) is 0 Å². The summed E-state index contributed by atoms with van der Waals surface area (Å²) in [6, 6.07) is 7.45. The lowest BCUT2D eigenvalue weighted by molar-refractivity contribution is 0.576. The molecule has 2 rings (SSSR count). The van der Waals surface area contributed by atoms with E-state index >= 15 is 0 Å². The Hall–Kier alpha value is -1.07. The Kier molecular flexibility index (Phi) is 3.38. The van der Waals surface area contributed by atoms with Crippen LogP contribution < -0.4 is 10.5 Å². The lowest BCUT2D eigenvalue weighted by atomic mass is 10.1. The SMILES string of the molecule is CC(C)(C)N=S(=O)(NC1CC1)c1ccc(N)cc1. The normalized spacial score (nSPS) is 19.3. The van der Waals surface area contributed by atoms with Crippen LogP contribution in [0.15, 0.2) is 33.5 Å². The first-order valence-corrected chi connectivity index (χ1v) is 7.71. The Balaban J connectivity index is 2.44. The molecule has 1 aromatic carbocycles. The third-order valence-electron chi connectivity index (χ3n) is 2.51. The number of benzene rings is 1. The zero-order valence-corrected chi connectivity index (χ0v) is 12.0. The molecule has 0 bridgehead atoms. The molecule has 1 atom stereocenters. The topological polar surface area (TPSA) is 67.5 Å². The van der Waals surface area contributed by atoms with E-state index in [1.54, 1.807) is 24.3 Å². The van der Waals surface area contributed by atoms with E-state index in [0.29, 0.717) is 16.6 Å². The molecule has 1 fully saturated rings. The van der Waals surface area contributed by atoms with Crippen LogP contribution in [-0.2, 0) is 9.92 Å². The third-order valence-corrected chi connectivity index (χ3v) is 4.87. The molecule has 0 heterocycles. The van der Waals surface area contributed by atoms with Crippen LogP contribution >= 0.6 is 0 Å². The highest BCUT2D eigenvalue weighted by Gasteiger charge is 2.28. The summed E-state index contributed by atoms with van der Waals surface area (Å²) >= 11 is 0. The molecule has 1 aliphatic rings. The van der Waals surface area contributed by atoms with Crippen molar-refractivity contribution in [3.05, 3.63) is 24.3 Å². The Bertz CT molecular complexity index is 532. The van der Waals surface area contributed by atoms with Gasteiger partial charge in [0.2, 0.25) is 0 Å². The monoisotopic (exact) mass is 267 g/mol. The maximum Gasteiger partial charge on any atom is 0.138 e. The van der Waals surface area contributed by atoms with Gasteiger partial charge >= 0.3 is 0 Å². The van der Waals surface area contributed by atoms with Crippen molar-refractivity contribution in [2.75, 3.05) is 5.73 Å². The summed E-state index contributed by atoms with van der Waals surface area (Å²) in [5, 5.41) is 0. The van der Waals surface area contributed by atoms with Crippen LogP contribution in [0.25, 0.3) is 0 Å². The second-order valence-electron chi connectivity index (χ2n) is 5.75. The summed E-state index contributed by atoms with van der Waals surface area (Å²) < 4.78 is 20.7. The van der Waals surface area contributed by atoms with Gasteiger partial charge in [-0.1, -0.05) is 0 Å². The van der Waals surface area contributed by atoms with Crippen LogP contribution in [0.5, 0.6) is 0 Å². The average molecular weight is 267 g/mol. The molecule has 18 heavy (non-hydrogen) atoms. The van der Waals surface area contributed by atoms with E-state index in [2.05, 4.69) is 9.08 Å². The van der Waals surface area contributed by atoms with Gasteiger partial charge in [0.05, 0.1) is 10.4 Å². The zero-order valence-electron chi connectivity index (χ0n) is 11.1. The van der Waals surface area contributed by atoms with Crippen LogP contribution in [0, 0.1) is 0 Å². The summed E-state index contributed by atoms with van der Waals surface area (Å²) in [7, 11) is -2.56. The van der Waals surface area contributed by atoms with Crippen molar-refractivity contribution in [2.45, 2.75) is 50.1 Å². The predicted octanol–water partition coefficient (Wildman–Crippen LogP) is 2.56. The van der Waals surface area contributed by atoms with Crippen LogP contribution in [0.2, 0.25) is 0 Å². The van der Waals surface area contributed by atoms with E-state index in [0.717, 1.165) is 12.8 Å². The molecule has 4 nitrogen and oxygen atoms in total. The Morgan fingerprint density at radius 1 is 1.28 bits per heavy atom. The van der Waals surface area contributed by atoms with Crippen molar-refractivity contribution in [1.29, 1.82) is 0 Å². The zero-order chi connectivity index (χ0) is 13.4. The van der Waals surface area contributed by atoms with E-state index in [1.165, 1.54) is 0 Å². The molecule has 0 spiro atoms. The maximum atomic E-state index is 13.0. The van der Waals surface area contributed by atoms with Crippen molar-refractivity contribution >= 4 is 15.6 Å². The average Bonchev–Trinajstić information content (AvgIpc) is 2.99. The molecule has 5 heteroatoms. The van der Waals surface area contributed by atoms with Crippen LogP contribution in [-0.4, -0.2) is 15.8 Å². The lowest BCUT2D eigenvalue weighted by Gasteiger charge is -2.19. The van der Waals surface area contributed by atoms with Crippen molar-refractivity contribution in [2.24, 2.45) is 4.36 Å². The number of hydrogen-bond acceptors (Lipinski definition) is 3. The quantitative estimate of drug-likeness (QED) is 0.826. The van der Waals surface area contributed by atoms with Gasteiger partial charge < -0.3 is 5.73 Å². The summed E-state index contributed by atoms with van der Waals surface area (Å²) in [6.07, 6.45) is 2.15. The highest BCUT2D eigenvalue weighted by molar-refractivity contribution is 7.91. The first kappa shape index (κ1) is 13.4. The third kappa shape index (κ3) is 3.46. The van der Waals surface area contributed by atoms with Gasteiger partial charge in [-0.2, -0.15) is 0 Å². The number of nitrogens with zero attached hydrogens (tertiary/aromatic N) is 1. The fourth-order valence-electron chi connectivity index (χ4n) is 1.61. The minimum Gasteiger partial charge on any atom is -0.399 e. The second kappa shape index (κ2) is 4.55. The number of anilines is 1. The summed E-state index contributed by atoms with van der Waals surface area (Å²) in [6.45, 7) is 5.87. The van der Waals surface area contributed by atoms with Crippen LogP contribution in [0.4, 0.5) is 5.69 Å². The molecule has 3 N–H and O–H groups in total. The second-order valence-corrected chi connectivity index (χ2v) is 7.69. The minimum atomic E-state index is -2.56. The molecule has 1 aromatic rings. The molecular weight excluding hydrogens is 246 g/mol. The molecule has 0 radical (unpaired) electrons. The van der Waals surface area contributed by atoms with Crippen LogP contribution in [0.1, 0.15) is 33.6 Å². The maximum absolute atomic E-state index is 13.0.